The van der Waals surface area contributed by atoms with Crippen LogP contribution in [0.5, 0.6) is 0 Å². The van der Waals surface area contributed by atoms with Gasteiger partial charge in [0.15, 0.2) is 18.5 Å². The highest BCUT2D eigenvalue weighted by atomic mass is 35.5. The third-order valence-electron chi connectivity index (χ3n) is 5.78. The van der Waals surface area contributed by atoms with Crippen LogP contribution in [0.3, 0.4) is 0 Å². The molecule has 0 fully saturated rings. The van der Waals surface area contributed by atoms with Gasteiger partial charge in [-0.2, -0.15) is 9.98 Å². The van der Waals surface area contributed by atoms with E-state index in [0.717, 1.165) is 11.1 Å². The minimum absolute atomic E-state index is 0.00673. The average molecular weight is 610 g/mol. The van der Waals surface area contributed by atoms with Crippen LogP contribution in [0.2, 0.25) is 10.0 Å². The second-order valence-electron chi connectivity index (χ2n) is 8.99. The van der Waals surface area contributed by atoms with Crippen LogP contribution in [0.25, 0.3) is 0 Å². The predicted octanol–water partition coefficient (Wildman–Crippen LogP) is 1.62. The van der Waals surface area contributed by atoms with Crippen LogP contribution in [-0.2, 0) is 13.1 Å². The first-order chi connectivity index (χ1) is 20.2. The first-order valence-corrected chi connectivity index (χ1v) is 13.7. The van der Waals surface area contributed by atoms with E-state index in [1.807, 2.05) is 24.3 Å². The van der Waals surface area contributed by atoms with E-state index in [9.17, 15) is 0 Å². The van der Waals surface area contributed by atoms with E-state index in [1.54, 1.807) is 58.3 Å². The molecule has 42 heavy (non-hydrogen) atoms. The maximum absolute atomic E-state index is 7.69. The van der Waals surface area contributed by atoms with Crippen molar-refractivity contribution in [1.82, 2.24) is 15.5 Å². The third kappa shape index (κ3) is 10.6. The fourth-order valence-corrected chi connectivity index (χ4v) is 3.98. The van der Waals surface area contributed by atoms with Crippen molar-refractivity contribution in [3.05, 3.63) is 94.0 Å². The van der Waals surface area contributed by atoms with Crippen molar-refractivity contribution in [2.24, 2.45) is 42.9 Å². The highest BCUT2D eigenvalue weighted by molar-refractivity contribution is 6.30. The molecular weight excluding hydrogens is 575 g/mol. The lowest BCUT2D eigenvalue weighted by atomic mass is 10.1. The molecule has 0 saturated carbocycles. The van der Waals surface area contributed by atoms with Crippen LogP contribution in [0.15, 0.2) is 92.8 Å². The Kier molecular flexibility index (Phi) is 12.4. The third-order valence-corrected chi connectivity index (χ3v) is 6.28. The molecule has 3 aromatic rings. The molecule has 0 aliphatic heterocycles. The van der Waals surface area contributed by atoms with Gasteiger partial charge in [0.05, 0.1) is 17.9 Å². The quantitative estimate of drug-likeness (QED) is 0.198. The summed E-state index contributed by atoms with van der Waals surface area (Å²) >= 11 is 11.8. The van der Waals surface area contributed by atoms with Crippen molar-refractivity contribution in [3.8, 4) is 0 Å². The second kappa shape index (κ2) is 16.2. The number of hydrogen-bond donors (Lipinski definition) is 4. The normalized spacial score (nSPS) is 12.9. The topological polar surface area (TPSA) is 208 Å². The fourth-order valence-electron chi connectivity index (χ4n) is 3.73. The molecule has 3 radical (unpaired) electrons. The number of rotatable bonds is 10. The lowest BCUT2D eigenvalue weighted by molar-refractivity contribution is -0.367. The molecule has 0 aliphatic carbocycles. The van der Waals surface area contributed by atoms with E-state index in [-0.39, 0.29) is 36.9 Å². The maximum Gasteiger partial charge on any atom is 0.223 e. The van der Waals surface area contributed by atoms with Crippen molar-refractivity contribution in [2.75, 3.05) is 26.2 Å². The Hall–Kier alpha value is -4.36. The van der Waals surface area contributed by atoms with Crippen LogP contribution in [0.1, 0.15) is 11.1 Å². The Morgan fingerprint density at radius 3 is 1.38 bits per heavy atom. The number of aliphatic imine (C=N–C) groups is 4. The lowest BCUT2D eigenvalue weighted by Crippen LogP contribution is -2.56. The molecule has 14 heteroatoms. The molecule has 0 spiro atoms. The summed E-state index contributed by atoms with van der Waals surface area (Å²) in [5.74, 6) is 0.301. The van der Waals surface area contributed by atoms with E-state index in [1.165, 1.54) is 0 Å². The molecule has 0 heterocycles. The summed E-state index contributed by atoms with van der Waals surface area (Å²) in [5, 5.41) is 1.18. The summed E-state index contributed by atoms with van der Waals surface area (Å²) in [6, 6.07) is 21.5. The summed E-state index contributed by atoms with van der Waals surface area (Å²) in [5.41, 5.74) is 42.9. The van der Waals surface area contributed by atoms with E-state index in [0.29, 0.717) is 47.6 Å². The SMILES string of the molecule is [NH]CCN(Cc1ccc(CN(CC[NH+])/C(N)=N/C(N)=Nc2ccc(Cl)cc2)cc1)/C(N)=N/C(N)=Nc1ccc(Cl)cc1. The van der Waals surface area contributed by atoms with Gasteiger partial charge in [-0.1, -0.05) is 47.5 Å². The van der Waals surface area contributed by atoms with Gasteiger partial charge in [0, 0.05) is 42.0 Å². The Morgan fingerprint density at radius 1 is 0.643 bits per heavy atom. The molecular formula is C28H34Cl2N12+. The zero-order chi connectivity index (χ0) is 30.5. The van der Waals surface area contributed by atoms with E-state index < -0.39 is 0 Å². The number of hydrogen-bond acceptors (Lipinski definition) is 2. The first kappa shape index (κ1) is 32.2. The summed E-state index contributed by atoms with van der Waals surface area (Å²) in [4.78, 5) is 20.4. The van der Waals surface area contributed by atoms with Crippen LogP contribution in [0, 0.1) is 0 Å². The second-order valence-corrected chi connectivity index (χ2v) is 9.87. The molecule has 0 aromatic heterocycles. The number of benzene rings is 3. The Labute approximate surface area is 255 Å². The Bertz CT molecular complexity index is 1290. The highest BCUT2D eigenvalue weighted by Gasteiger charge is 2.13. The first-order valence-electron chi connectivity index (χ1n) is 12.9. The summed E-state index contributed by atoms with van der Waals surface area (Å²) in [6.45, 7) is 1.78. The molecule has 0 amide bonds. The van der Waals surface area contributed by atoms with Gasteiger partial charge in [-0.3, -0.25) is 5.73 Å². The number of nitrogens with one attached hydrogen (secondary N) is 2. The fraction of sp³-hybridized carbons (Fsp3) is 0.214. The van der Waals surface area contributed by atoms with Gasteiger partial charge in [0.2, 0.25) is 11.9 Å². The van der Waals surface area contributed by atoms with Gasteiger partial charge >= 0.3 is 0 Å². The molecule has 0 bridgehead atoms. The molecule has 3 aromatic carbocycles. The van der Waals surface area contributed by atoms with Crippen LogP contribution in [0.4, 0.5) is 11.4 Å². The van der Waals surface area contributed by atoms with Gasteiger partial charge < -0.3 is 32.7 Å². The minimum atomic E-state index is -0.00673. The lowest BCUT2D eigenvalue weighted by Gasteiger charge is -2.23. The van der Waals surface area contributed by atoms with Crippen molar-refractivity contribution >= 4 is 58.4 Å². The predicted molar refractivity (Wildman–Crippen MR) is 170 cm³/mol. The standard InChI is InChI=1S/C28H34Cl2N12/c29-21-5-9-23(10-6-21)37-25(33)39-27(35)41(15-13-31)17-19-1-2-20(4-3-19)18-42(16-14-32)28(36)40-26(34)38-24-11-7-22(30)8-12-24/h1-12,31-32H,13-18H2,(H4,33,35,37,39)(H4,34,36,38,40)/q+1. The number of guanidine groups is 4. The Morgan fingerprint density at radius 2 is 1.02 bits per heavy atom. The maximum atomic E-state index is 7.69. The summed E-state index contributed by atoms with van der Waals surface area (Å²) in [6.07, 6.45) is 0. The zero-order valence-electron chi connectivity index (χ0n) is 22.9. The van der Waals surface area contributed by atoms with Crippen LogP contribution in [-0.4, -0.2) is 59.8 Å². The molecule has 0 saturated heterocycles. The largest absolute Gasteiger partial charge is 0.369 e. The van der Waals surface area contributed by atoms with Gasteiger partial charge in [-0.15, -0.1) is 0 Å². The van der Waals surface area contributed by atoms with E-state index in [4.69, 9.17) is 57.6 Å². The molecule has 0 aliphatic rings. The molecule has 219 valence electrons. The van der Waals surface area contributed by atoms with Crippen LogP contribution < -0.4 is 34.4 Å². The van der Waals surface area contributed by atoms with Gasteiger partial charge in [0.1, 0.15) is 0 Å². The average Bonchev–Trinajstić information content (AvgIpc) is 2.96. The zero-order valence-corrected chi connectivity index (χ0v) is 24.4. The monoisotopic (exact) mass is 608 g/mol. The van der Waals surface area contributed by atoms with Crippen molar-refractivity contribution in [3.63, 3.8) is 0 Å². The van der Waals surface area contributed by atoms with E-state index in [2.05, 4.69) is 20.0 Å². The minimum Gasteiger partial charge on any atom is -0.369 e. The molecule has 10 N–H and O–H groups in total. The van der Waals surface area contributed by atoms with Crippen molar-refractivity contribution in [1.29, 1.82) is 0 Å². The number of halogens is 2. The van der Waals surface area contributed by atoms with Crippen molar-refractivity contribution < 1.29 is 5.73 Å². The Balaban J connectivity index is 1.68. The van der Waals surface area contributed by atoms with Gasteiger partial charge in [-0.05, 0) is 59.7 Å². The summed E-state index contributed by atoms with van der Waals surface area (Å²) < 4.78 is 0. The molecule has 12 nitrogen and oxygen atoms in total. The van der Waals surface area contributed by atoms with Crippen LogP contribution >= 0.6 is 23.2 Å². The number of nitrogens with zero attached hydrogens (tertiary/aromatic N) is 6. The smallest absolute Gasteiger partial charge is 0.223 e. The van der Waals surface area contributed by atoms with Gasteiger partial charge in [-0.25, -0.2) is 9.98 Å². The summed E-state index contributed by atoms with van der Waals surface area (Å²) in [7, 11) is 0. The number of nitrogens with two attached hydrogens (primary N) is 4. The molecule has 0 atom stereocenters. The molecule has 3 rings (SSSR count). The van der Waals surface area contributed by atoms with Crippen molar-refractivity contribution in [2.45, 2.75) is 13.1 Å². The van der Waals surface area contributed by atoms with Gasteiger partial charge in [0.25, 0.3) is 0 Å². The van der Waals surface area contributed by atoms with E-state index >= 15 is 0 Å². The molecule has 0 unspecified atom stereocenters. The highest BCUT2D eigenvalue weighted by Crippen LogP contribution is 2.17.